The highest BCUT2D eigenvalue weighted by molar-refractivity contribution is 7.12. The molecule has 0 atom stereocenters. The van der Waals surface area contributed by atoms with Gasteiger partial charge < -0.3 is 5.11 Å². The Balaban J connectivity index is 2.54. The van der Waals surface area contributed by atoms with E-state index in [0.717, 1.165) is 16.0 Å². The van der Waals surface area contributed by atoms with Gasteiger partial charge >= 0.3 is 5.97 Å². The molecule has 0 aliphatic rings. The Morgan fingerprint density at radius 3 is 2.92 bits per heavy atom. The molecule has 0 aromatic carbocycles. The Labute approximate surface area is 80.1 Å². The van der Waals surface area contributed by atoms with Gasteiger partial charge in [0.15, 0.2) is 0 Å². The molecule has 0 fully saturated rings. The van der Waals surface area contributed by atoms with Crippen LogP contribution in [0.1, 0.15) is 9.88 Å². The predicted molar refractivity (Wildman–Crippen MR) is 52.7 cm³/mol. The van der Waals surface area contributed by atoms with Crippen LogP contribution in [0.5, 0.6) is 0 Å². The van der Waals surface area contributed by atoms with Crippen LogP contribution in [0.3, 0.4) is 0 Å². The van der Waals surface area contributed by atoms with Crippen LogP contribution in [0.15, 0.2) is 24.4 Å². The highest BCUT2D eigenvalue weighted by Crippen LogP contribution is 2.12. The third-order valence-electron chi connectivity index (χ3n) is 1.25. The summed E-state index contributed by atoms with van der Waals surface area (Å²) in [6, 6.07) is 0. The van der Waals surface area contributed by atoms with Crippen molar-refractivity contribution in [3.8, 4) is 0 Å². The van der Waals surface area contributed by atoms with Crippen LogP contribution in [0.4, 0.5) is 0 Å². The molecule has 13 heavy (non-hydrogen) atoms. The number of aromatic nitrogens is 1. The van der Waals surface area contributed by atoms with E-state index in [1.807, 2.05) is 13.0 Å². The van der Waals surface area contributed by atoms with Crippen LogP contribution in [0.25, 0.3) is 6.08 Å². The number of allylic oxidation sites excluding steroid dienone is 2. The smallest absolute Gasteiger partial charge is 0.328 e. The van der Waals surface area contributed by atoms with Crippen molar-refractivity contribution in [2.75, 3.05) is 0 Å². The molecule has 0 amide bonds. The monoisotopic (exact) mass is 195 g/mol. The SMILES string of the molecule is Cc1ncc(C=CC=CC(=O)O)s1. The molecule has 0 radical (unpaired) electrons. The number of carbonyl (C=O) groups is 1. The first-order chi connectivity index (χ1) is 6.18. The number of rotatable bonds is 3. The van der Waals surface area contributed by atoms with Gasteiger partial charge in [-0.15, -0.1) is 11.3 Å². The number of carboxylic acids is 1. The van der Waals surface area contributed by atoms with Crippen LogP contribution in [0, 0.1) is 6.92 Å². The Morgan fingerprint density at radius 1 is 1.62 bits per heavy atom. The number of nitrogens with zero attached hydrogens (tertiary/aromatic N) is 1. The minimum Gasteiger partial charge on any atom is -0.478 e. The maximum Gasteiger partial charge on any atom is 0.328 e. The summed E-state index contributed by atoms with van der Waals surface area (Å²) in [4.78, 5) is 15.2. The quantitative estimate of drug-likeness (QED) is 0.593. The summed E-state index contributed by atoms with van der Waals surface area (Å²) in [5, 5.41) is 9.29. The summed E-state index contributed by atoms with van der Waals surface area (Å²) in [7, 11) is 0. The van der Waals surface area contributed by atoms with E-state index in [2.05, 4.69) is 4.98 Å². The molecule has 0 bridgehead atoms. The minimum absolute atomic E-state index is 0.940. The maximum absolute atomic E-state index is 10.1. The Hall–Kier alpha value is -1.42. The fraction of sp³-hybridized carbons (Fsp3) is 0.111. The van der Waals surface area contributed by atoms with E-state index in [9.17, 15) is 4.79 Å². The van der Waals surface area contributed by atoms with E-state index in [4.69, 9.17) is 5.11 Å². The van der Waals surface area contributed by atoms with E-state index in [-0.39, 0.29) is 0 Å². The summed E-state index contributed by atoms with van der Waals surface area (Å²) in [6.07, 6.45) is 7.83. The number of hydrogen-bond donors (Lipinski definition) is 1. The van der Waals surface area contributed by atoms with E-state index >= 15 is 0 Å². The van der Waals surface area contributed by atoms with Crippen molar-refractivity contribution in [1.82, 2.24) is 4.98 Å². The van der Waals surface area contributed by atoms with Crippen molar-refractivity contribution >= 4 is 23.4 Å². The van der Waals surface area contributed by atoms with Gasteiger partial charge in [-0.3, -0.25) is 0 Å². The second-order valence-electron chi connectivity index (χ2n) is 2.34. The molecule has 0 aliphatic heterocycles. The molecule has 0 spiro atoms. The molecule has 3 nitrogen and oxygen atoms in total. The fourth-order valence-corrected chi connectivity index (χ4v) is 1.44. The van der Waals surface area contributed by atoms with Gasteiger partial charge in [-0.05, 0) is 13.0 Å². The van der Waals surface area contributed by atoms with Gasteiger partial charge in [0.25, 0.3) is 0 Å². The maximum atomic E-state index is 10.1. The lowest BCUT2D eigenvalue weighted by Crippen LogP contribution is -1.84. The number of aryl methyl sites for hydroxylation is 1. The van der Waals surface area contributed by atoms with Gasteiger partial charge in [-0.2, -0.15) is 0 Å². The van der Waals surface area contributed by atoms with Gasteiger partial charge in [0, 0.05) is 17.2 Å². The molecule has 0 saturated carbocycles. The molecule has 1 aromatic heterocycles. The standard InChI is InChI=1S/C9H9NO2S/c1-7-10-6-8(13-7)4-2-3-5-9(11)12/h2-6H,1H3,(H,11,12). The van der Waals surface area contributed by atoms with Crippen molar-refractivity contribution in [2.45, 2.75) is 6.92 Å². The molecule has 68 valence electrons. The first kappa shape index (κ1) is 9.67. The first-order valence-electron chi connectivity index (χ1n) is 3.68. The zero-order valence-corrected chi connectivity index (χ0v) is 7.91. The molecule has 0 aliphatic carbocycles. The number of hydrogen-bond acceptors (Lipinski definition) is 3. The second kappa shape index (κ2) is 4.57. The average Bonchev–Trinajstić information content (AvgIpc) is 2.45. The van der Waals surface area contributed by atoms with Crippen LogP contribution in [0.2, 0.25) is 0 Å². The normalized spacial score (nSPS) is 11.5. The Morgan fingerprint density at radius 2 is 2.38 bits per heavy atom. The van der Waals surface area contributed by atoms with Crippen LogP contribution in [-0.2, 0) is 4.79 Å². The zero-order chi connectivity index (χ0) is 9.68. The largest absolute Gasteiger partial charge is 0.478 e. The molecular weight excluding hydrogens is 186 g/mol. The molecular formula is C9H9NO2S. The van der Waals surface area contributed by atoms with Gasteiger partial charge in [0.2, 0.25) is 0 Å². The predicted octanol–water partition coefficient (Wildman–Crippen LogP) is 2.11. The zero-order valence-electron chi connectivity index (χ0n) is 7.10. The molecule has 0 saturated heterocycles. The molecule has 1 heterocycles. The van der Waals surface area contributed by atoms with E-state index in [0.29, 0.717) is 0 Å². The fourth-order valence-electron chi connectivity index (χ4n) is 0.743. The molecule has 0 unspecified atom stereocenters. The highest BCUT2D eigenvalue weighted by Gasteiger charge is 1.90. The number of carboxylic acid groups (broad SMARTS) is 1. The van der Waals surface area contributed by atoms with E-state index < -0.39 is 5.97 Å². The van der Waals surface area contributed by atoms with Crippen LogP contribution in [-0.4, -0.2) is 16.1 Å². The summed E-state index contributed by atoms with van der Waals surface area (Å²) < 4.78 is 0. The Kier molecular flexibility index (Phi) is 3.40. The van der Waals surface area contributed by atoms with Crippen molar-refractivity contribution in [1.29, 1.82) is 0 Å². The lowest BCUT2D eigenvalue weighted by molar-refractivity contribution is -0.131. The van der Waals surface area contributed by atoms with Gasteiger partial charge in [0.1, 0.15) is 0 Å². The Bertz CT molecular complexity index is 352. The number of thiazole rings is 1. The van der Waals surface area contributed by atoms with Crippen molar-refractivity contribution in [3.05, 3.63) is 34.3 Å². The number of aliphatic carboxylic acids is 1. The molecule has 4 heteroatoms. The first-order valence-corrected chi connectivity index (χ1v) is 4.50. The van der Waals surface area contributed by atoms with Crippen molar-refractivity contribution < 1.29 is 9.90 Å². The summed E-state index contributed by atoms with van der Waals surface area (Å²) >= 11 is 1.57. The third kappa shape index (κ3) is 3.66. The van der Waals surface area contributed by atoms with Crippen LogP contribution >= 0.6 is 11.3 Å². The highest BCUT2D eigenvalue weighted by atomic mass is 32.1. The minimum atomic E-state index is -0.940. The third-order valence-corrected chi connectivity index (χ3v) is 2.13. The van der Waals surface area contributed by atoms with Crippen LogP contribution < -0.4 is 0 Å². The lowest BCUT2D eigenvalue weighted by Gasteiger charge is -1.78. The summed E-state index contributed by atoms with van der Waals surface area (Å²) in [5.74, 6) is -0.940. The molecule has 1 rings (SSSR count). The van der Waals surface area contributed by atoms with E-state index in [1.165, 1.54) is 6.08 Å². The molecule has 1 N–H and O–H groups in total. The topological polar surface area (TPSA) is 50.2 Å². The lowest BCUT2D eigenvalue weighted by atomic mass is 10.4. The van der Waals surface area contributed by atoms with E-state index in [1.54, 1.807) is 23.6 Å². The van der Waals surface area contributed by atoms with Crippen molar-refractivity contribution in [2.24, 2.45) is 0 Å². The summed E-state index contributed by atoms with van der Waals surface area (Å²) in [5.41, 5.74) is 0. The van der Waals surface area contributed by atoms with Gasteiger partial charge in [0.05, 0.1) is 5.01 Å². The second-order valence-corrected chi connectivity index (χ2v) is 3.60. The summed E-state index contributed by atoms with van der Waals surface area (Å²) in [6.45, 7) is 1.93. The van der Waals surface area contributed by atoms with Gasteiger partial charge in [-0.1, -0.05) is 12.2 Å². The van der Waals surface area contributed by atoms with Gasteiger partial charge in [-0.25, -0.2) is 9.78 Å². The van der Waals surface area contributed by atoms with Crippen molar-refractivity contribution in [3.63, 3.8) is 0 Å². The molecule has 1 aromatic rings. The average molecular weight is 195 g/mol.